The minimum atomic E-state index is -2.27. The molecule has 2 aliphatic heterocycles. The number of methoxy groups -OCH3 is 1. The third kappa shape index (κ3) is 12.1. The number of benzene rings is 7. The monoisotopic (exact) mass is 1090 g/mol. The average molecular weight is 1090 g/mol. The molecular formula is C69H94N2OP4. The fourth-order valence-electron chi connectivity index (χ4n) is 15.4. The number of nitrogens with zero attached hydrogens (tertiary/aromatic N) is 2. The molecule has 0 unspecified atom stereocenters. The van der Waals surface area contributed by atoms with Gasteiger partial charge in [0.1, 0.15) is 0 Å². The van der Waals surface area contributed by atoms with E-state index in [0.29, 0.717) is 22.6 Å². The van der Waals surface area contributed by atoms with Gasteiger partial charge in [-0.15, -0.1) is 0 Å². The summed E-state index contributed by atoms with van der Waals surface area (Å²) < 4.78 is 12.9. The zero-order valence-corrected chi connectivity index (χ0v) is 51.5. The van der Waals surface area contributed by atoms with Gasteiger partial charge in [0.05, 0.1) is 0 Å². The van der Waals surface area contributed by atoms with Crippen molar-refractivity contribution in [2.75, 3.05) is 59.2 Å². The van der Waals surface area contributed by atoms with E-state index in [0.717, 1.165) is 44.5 Å². The van der Waals surface area contributed by atoms with Crippen LogP contribution in [0.4, 0.5) is 0 Å². The molecule has 4 atom stereocenters. The summed E-state index contributed by atoms with van der Waals surface area (Å²) in [6.07, 6.45) is 17.0. The van der Waals surface area contributed by atoms with Crippen LogP contribution < -0.4 is 15.3 Å². The topological polar surface area (TPSA) is 15.7 Å². The van der Waals surface area contributed by atoms with Crippen molar-refractivity contribution in [3.63, 3.8) is 0 Å². The molecular weight excluding hydrogens is 997 g/mol. The Balaban J connectivity index is 1.05. The van der Waals surface area contributed by atoms with Crippen LogP contribution in [0.25, 0.3) is 0 Å². The summed E-state index contributed by atoms with van der Waals surface area (Å²) in [6.45, 7) is 18.2. The zero-order valence-electron chi connectivity index (χ0n) is 47.5. The summed E-state index contributed by atoms with van der Waals surface area (Å²) in [5.41, 5.74) is 11.4. The molecule has 3 nitrogen and oxygen atoms in total. The van der Waals surface area contributed by atoms with E-state index in [1.165, 1.54) is 74.8 Å². The van der Waals surface area contributed by atoms with Crippen LogP contribution in [-0.2, 0) is 12.8 Å². The summed E-state index contributed by atoms with van der Waals surface area (Å²) in [4.78, 5) is 0. The van der Waals surface area contributed by atoms with Gasteiger partial charge in [-0.1, -0.05) is 0 Å². The van der Waals surface area contributed by atoms with Gasteiger partial charge in [0, 0.05) is 0 Å². The molecule has 2 fully saturated rings. The van der Waals surface area contributed by atoms with Gasteiger partial charge >= 0.3 is 466 Å². The van der Waals surface area contributed by atoms with Crippen molar-refractivity contribution in [1.29, 1.82) is 0 Å². The average Bonchev–Trinajstić information content (AvgIpc) is 4.03. The van der Waals surface area contributed by atoms with E-state index in [1.807, 2.05) is 7.11 Å². The molecule has 406 valence electrons. The van der Waals surface area contributed by atoms with Crippen molar-refractivity contribution < 1.29 is 4.74 Å². The second-order valence-corrected chi connectivity index (χ2v) is 41.6. The van der Waals surface area contributed by atoms with E-state index >= 15 is 0 Å². The van der Waals surface area contributed by atoms with Gasteiger partial charge in [-0.05, 0) is 0 Å². The molecule has 9 rings (SSSR count). The van der Waals surface area contributed by atoms with Gasteiger partial charge in [-0.2, -0.15) is 0 Å². The summed E-state index contributed by atoms with van der Waals surface area (Å²) in [7, 11) is -7.07. The minimum absolute atomic E-state index is 0.577. The standard InChI is InChI=1S/C69H94N2OP4/c1-8-10-52-73(4,64-42-26-16-27-43-64)70(75(6)66(59-34-18-12-19-35-59)46-47-67(75)60-36-20-13-21-37-60)50-30-32-57-54-58(56-63(55-57)72-3)33-31-51-71(74(5,53-11-9-2)65-44-28-17-29-45-65)76(7)68(61-38-22-14-23-39-61)48-49-69(76)62-40-24-15-25-41-62/h12-29,34-45,54-56,66-69,73-76H,8-11,30-33,46-53H2,1-7H3/t66-,67-,68+,69+. The van der Waals surface area contributed by atoms with E-state index in [9.17, 15) is 0 Å². The fourth-order valence-corrected chi connectivity index (χ4v) is 44.4. The Labute approximate surface area is 463 Å². The molecule has 7 aromatic rings. The van der Waals surface area contributed by atoms with Crippen LogP contribution in [0.15, 0.2) is 200 Å². The van der Waals surface area contributed by atoms with Gasteiger partial charge < -0.3 is 0 Å². The number of unbranched alkanes of at least 4 members (excludes halogenated alkanes) is 2. The van der Waals surface area contributed by atoms with E-state index in [4.69, 9.17) is 4.74 Å². The summed E-state index contributed by atoms with van der Waals surface area (Å²) in [6, 6.07) is 77.9. The SMILES string of the molecule is CCCC[PH](C)(c1ccccc1)N(CCCc1cc(CCCN([PH](C)(CCCC)c2ccccc2)[PH]2(C)[C@H](c3ccccc3)CC[C@H]2c2ccccc2)cc(OC)c1)[PH]1(C)[C@@H](c2ccccc2)CC[C@@H]1c1ccccc1. The maximum atomic E-state index is 6.22. The third-order valence-corrected chi connectivity index (χ3v) is 44.7. The number of hydrogen-bond acceptors (Lipinski definition) is 3. The first-order valence-electron chi connectivity index (χ1n) is 29.6. The first kappa shape index (κ1) is 56.7. The van der Waals surface area contributed by atoms with Gasteiger partial charge in [-0.3, -0.25) is 0 Å². The number of rotatable bonds is 25. The summed E-state index contributed by atoms with van der Waals surface area (Å²) in [5, 5.41) is 3.22. The number of hydrogen-bond donors (Lipinski definition) is 0. The number of aryl methyl sites for hydroxylation is 2. The van der Waals surface area contributed by atoms with Crippen LogP contribution in [0.3, 0.4) is 0 Å². The normalized spacial score (nSPS) is 20.6. The van der Waals surface area contributed by atoms with Crippen LogP contribution in [0, 0.1) is 0 Å². The molecule has 0 spiro atoms. The Morgan fingerprint density at radius 1 is 0.421 bits per heavy atom. The van der Waals surface area contributed by atoms with Gasteiger partial charge in [0.2, 0.25) is 0 Å². The second kappa shape index (κ2) is 26.3. The molecule has 0 bridgehead atoms. The van der Waals surface area contributed by atoms with Crippen LogP contribution >= 0.6 is 29.7 Å². The van der Waals surface area contributed by atoms with Crippen molar-refractivity contribution in [3.05, 3.63) is 234 Å². The van der Waals surface area contributed by atoms with Crippen molar-refractivity contribution >= 4 is 40.3 Å². The molecule has 2 aliphatic rings. The first-order valence-corrected chi connectivity index (χ1v) is 40.1. The second-order valence-electron chi connectivity index (χ2n) is 23.6. The van der Waals surface area contributed by atoms with Crippen molar-refractivity contribution in [2.24, 2.45) is 0 Å². The molecule has 0 amide bonds. The van der Waals surface area contributed by atoms with Gasteiger partial charge in [-0.25, -0.2) is 0 Å². The van der Waals surface area contributed by atoms with Crippen LogP contribution in [0.5, 0.6) is 5.75 Å². The molecule has 0 aliphatic carbocycles. The van der Waals surface area contributed by atoms with Crippen molar-refractivity contribution in [3.8, 4) is 5.75 Å². The Bertz CT molecular complexity index is 2550. The third-order valence-electron chi connectivity index (χ3n) is 19.3. The summed E-state index contributed by atoms with van der Waals surface area (Å²) in [5.74, 6) is 1.01. The van der Waals surface area contributed by atoms with Gasteiger partial charge in [0.15, 0.2) is 0 Å². The number of ether oxygens (including phenoxy) is 1. The predicted octanol–water partition coefficient (Wildman–Crippen LogP) is 18.1. The summed E-state index contributed by atoms with van der Waals surface area (Å²) >= 11 is 0. The van der Waals surface area contributed by atoms with Crippen LogP contribution in [-0.4, -0.2) is 68.1 Å². The molecule has 2 heterocycles. The predicted molar refractivity (Wildman–Crippen MR) is 347 cm³/mol. The van der Waals surface area contributed by atoms with Crippen LogP contribution in [0.1, 0.15) is 134 Å². The van der Waals surface area contributed by atoms with E-state index in [2.05, 4.69) is 250 Å². The van der Waals surface area contributed by atoms with E-state index in [-0.39, 0.29) is 0 Å². The van der Waals surface area contributed by atoms with Crippen LogP contribution in [0.2, 0.25) is 0 Å². The Kier molecular flexibility index (Phi) is 19.6. The quantitative estimate of drug-likeness (QED) is 0.0531. The molecule has 0 N–H and O–H groups in total. The fraction of sp³-hybridized carbons (Fsp3) is 0.391. The maximum absolute atomic E-state index is 6.22. The Morgan fingerprint density at radius 3 is 0.987 bits per heavy atom. The van der Waals surface area contributed by atoms with E-state index < -0.39 is 29.7 Å². The molecule has 0 radical (unpaired) electrons. The molecule has 0 saturated carbocycles. The van der Waals surface area contributed by atoms with Gasteiger partial charge in [0.25, 0.3) is 0 Å². The Morgan fingerprint density at radius 2 is 0.711 bits per heavy atom. The first-order chi connectivity index (χ1) is 37.1. The molecule has 7 aromatic carbocycles. The van der Waals surface area contributed by atoms with Crippen molar-refractivity contribution in [1.82, 2.24) is 8.88 Å². The molecule has 7 heteroatoms. The molecule has 0 aromatic heterocycles. The van der Waals surface area contributed by atoms with E-state index in [1.54, 1.807) is 32.9 Å². The zero-order chi connectivity index (χ0) is 53.0. The molecule has 76 heavy (non-hydrogen) atoms. The van der Waals surface area contributed by atoms with Crippen molar-refractivity contribution in [2.45, 2.75) is 114 Å². The Hall–Kier alpha value is -4.02. The molecule has 2 saturated heterocycles.